The number of amides is 3. The predicted molar refractivity (Wildman–Crippen MR) is 89.9 cm³/mol. The first-order valence-corrected chi connectivity index (χ1v) is 8.29. The van der Waals surface area contributed by atoms with E-state index in [9.17, 15) is 14.0 Å². The van der Waals surface area contributed by atoms with E-state index in [2.05, 4.69) is 15.5 Å². The zero-order valence-corrected chi connectivity index (χ0v) is 14.2. The van der Waals surface area contributed by atoms with Gasteiger partial charge < -0.3 is 5.32 Å². The molecule has 1 heterocycles. The number of benzene rings is 1. The second kappa shape index (κ2) is 8.75. The van der Waals surface area contributed by atoms with Crippen molar-refractivity contribution in [2.24, 2.45) is 0 Å². The Balaban J connectivity index is 1.80. The van der Waals surface area contributed by atoms with E-state index in [4.69, 9.17) is 0 Å². The molecule has 1 unspecified atom stereocenters. The van der Waals surface area contributed by atoms with E-state index in [-0.39, 0.29) is 17.8 Å². The number of imide groups is 1. The summed E-state index contributed by atoms with van der Waals surface area (Å²) in [5, 5.41) is 4.88. The molecule has 2 N–H and O–H groups in total. The number of carbonyl (C=O) groups is 2. The minimum atomic E-state index is -0.465. The van der Waals surface area contributed by atoms with Gasteiger partial charge in [-0.15, -0.1) is 0 Å². The fourth-order valence-corrected chi connectivity index (χ4v) is 2.76. The summed E-state index contributed by atoms with van der Waals surface area (Å²) in [5.41, 5.74) is 0.688. The molecule has 24 heavy (non-hydrogen) atoms. The second-order valence-corrected chi connectivity index (χ2v) is 5.93. The summed E-state index contributed by atoms with van der Waals surface area (Å²) in [6, 6.07) is 5.95. The van der Waals surface area contributed by atoms with Gasteiger partial charge in [0.15, 0.2) is 0 Å². The number of hydrogen-bond acceptors (Lipinski definition) is 4. The standard InChI is InChI=1S/C17H25FN4O2/c1-3-19-17(24)20-16(23)13(2)22-10-8-21(9-11-22)12-14-6-4-5-7-15(14)18/h4-7,13H,3,8-12H2,1-2H3,(H2,19,20,23,24). The van der Waals surface area contributed by atoms with E-state index in [1.165, 1.54) is 6.07 Å². The molecule has 0 aliphatic carbocycles. The Kier molecular flexibility index (Phi) is 6.69. The van der Waals surface area contributed by atoms with Crippen LogP contribution in [0.5, 0.6) is 0 Å². The van der Waals surface area contributed by atoms with Crippen LogP contribution in [0.4, 0.5) is 9.18 Å². The highest BCUT2D eigenvalue weighted by Gasteiger charge is 2.26. The summed E-state index contributed by atoms with van der Waals surface area (Å²) in [4.78, 5) is 27.7. The van der Waals surface area contributed by atoms with Gasteiger partial charge >= 0.3 is 6.03 Å². The molecule has 0 bridgehead atoms. The number of halogens is 1. The van der Waals surface area contributed by atoms with Crippen LogP contribution in [0.25, 0.3) is 0 Å². The van der Waals surface area contributed by atoms with Gasteiger partial charge in [0.2, 0.25) is 5.91 Å². The van der Waals surface area contributed by atoms with E-state index in [0.717, 1.165) is 13.1 Å². The van der Waals surface area contributed by atoms with Crippen molar-refractivity contribution in [3.63, 3.8) is 0 Å². The SMILES string of the molecule is CCNC(=O)NC(=O)C(C)N1CCN(Cc2ccccc2F)CC1. The molecule has 0 spiro atoms. The lowest BCUT2D eigenvalue weighted by atomic mass is 10.1. The van der Waals surface area contributed by atoms with Gasteiger partial charge in [-0.05, 0) is 19.9 Å². The molecule has 1 saturated heterocycles. The predicted octanol–water partition coefficient (Wildman–Crippen LogP) is 1.18. The lowest BCUT2D eigenvalue weighted by molar-refractivity contribution is -0.125. The number of carbonyl (C=O) groups excluding carboxylic acids is 2. The summed E-state index contributed by atoms with van der Waals surface area (Å²) in [6.07, 6.45) is 0. The van der Waals surface area contributed by atoms with Gasteiger partial charge in [0.1, 0.15) is 5.82 Å². The first-order valence-electron chi connectivity index (χ1n) is 8.29. The fourth-order valence-electron chi connectivity index (χ4n) is 2.76. The van der Waals surface area contributed by atoms with Crippen LogP contribution in [0.3, 0.4) is 0 Å². The molecule has 1 fully saturated rings. The number of rotatable bonds is 5. The Morgan fingerprint density at radius 2 is 1.88 bits per heavy atom. The van der Waals surface area contributed by atoms with Crippen LogP contribution in [-0.4, -0.2) is 60.5 Å². The second-order valence-electron chi connectivity index (χ2n) is 5.93. The monoisotopic (exact) mass is 336 g/mol. The zero-order chi connectivity index (χ0) is 17.5. The summed E-state index contributed by atoms with van der Waals surface area (Å²) in [6.45, 7) is 7.56. The molecule has 7 heteroatoms. The van der Waals surface area contributed by atoms with Crippen molar-refractivity contribution in [2.75, 3.05) is 32.7 Å². The van der Waals surface area contributed by atoms with Gasteiger partial charge in [-0.25, -0.2) is 9.18 Å². The highest BCUT2D eigenvalue weighted by atomic mass is 19.1. The molecule has 6 nitrogen and oxygen atoms in total. The number of hydrogen-bond donors (Lipinski definition) is 2. The summed E-state index contributed by atoms with van der Waals surface area (Å²) in [5.74, 6) is -0.488. The molecular weight excluding hydrogens is 311 g/mol. The third-order valence-electron chi connectivity index (χ3n) is 4.26. The Morgan fingerprint density at radius 3 is 2.50 bits per heavy atom. The van der Waals surface area contributed by atoms with Gasteiger partial charge in [-0.2, -0.15) is 0 Å². The normalized spacial score (nSPS) is 17.3. The smallest absolute Gasteiger partial charge is 0.321 e. The quantitative estimate of drug-likeness (QED) is 0.847. The van der Waals surface area contributed by atoms with Crippen molar-refractivity contribution in [3.05, 3.63) is 35.6 Å². The first-order chi connectivity index (χ1) is 11.5. The van der Waals surface area contributed by atoms with Crippen molar-refractivity contribution in [1.29, 1.82) is 0 Å². The van der Waals surface area contributed by atoms with Gasteiger partial charge in [-0.3, -0.25) is 19.9 Å². The molecule has 0 aromatic heterocycles. The van der Waals surface area contributed by atoms with Crippen molar-refractivity contribution in [2.45, 2.75) is 26.4 Å². The lowest BCUT2D eigenvalue weighted by Gasteiger charge is -2.37. The van der Waals surface area contributed by atoms with E-state index >= 15 is 0 Å². The maximum absolute atomic E-state index is 13.7. The first kappa shape index (κ1) is 18.4. The molecule has 1 aliphatic rings. The van der Waals surface area contributed by atoms with Crippen molar-refractivity contribution in [1.82, 2.24) is 20.4 Å². The van der Waals surface area contributed by atoms with Gasteiger partial charge in [0.25, 0.3) is 0 Å². The molecule has 1 aliphatic heterocycles. The number of nitrogens with zero attached hydrogens (tertiary/aromatic N) is 2. The Bertz CT molecular complexity index is 573. The number of urea groups is 1. The van der Waals surface area contributed by atoms with Crippen LogP contribution in [0.2, 0.25) is 0 Å². The van der Waals surface area contributed by atoms with Crippen molar-refractivity contribution in [3.8, 4) is 0 Å². The molecule has 1 atom stereocenters. The van der Waals surface area contributed by atoms with E-state index in [1.54, 1.807) is 26.0 Å². The molecular formula is C17H25FN4O2. The van der Waals surface area contributed by atoms with E-state index in [0.29, 0.717) is 31.7 Å². The van der Waals surface area contributed by atoms with Gasteiger partial charge in [-0.1, -0.05) is 18.2 Å². The third kappa shape index (κ3) is 5.01. The summed E-state index contributed by atoms with van der Waals surface area (Å²) < 4.78 is 13.7. The van der Waals surface area contributed by atoms with Crippen LogP contribution >= 0.6 is 0 Å². The average molecular weight is 336 g/mol. The minimum absolute atomic E-state index is 0.186. The molecule has 3 amide bonds. The van der Waals surface area contributed by atoms with Gasteiger partial charge in [0.05, 0.1) is 6.04 Å². The molecule has 0 saturated carbocycles. The average Bonchev–Trinajstić information content (AvgIpc) is 2.57. The molecule has 1 aromatic rings. The Morgan fingerprint density at radius 1 is 1.21 bits per heavy atom. The highest BCUT2D eigenvalue weighted by Crippen LogP contribution is 2.13. The Labute approximate surface area is 142 Å². The minimum Gasteiger partial charge on any atom is -0.338 e. The van der Waals surface area contributed by atoms with Crippen molar-refractivity contribution < 1.29 is 14.0 Å². The van der Waals surface area contributed by atoms with Crippen LogP contribution < -0.4 is 10.6 Å². The molecule has 132 valence electrons. The number of nitrogens with one attached hydrogen (secondary N) is 2. The zero-order valence-electron chi connectivity index (χ0n) is 14.2. The lowest BCUT2D eigenvalue weighted by Crippen LogP contribution is -2.55. The van der Waals surface area contributed by atoms with Gasteiger partial charge in [0, 0.05) is 44.8 Å². The third-order valence-corrected chi connectivity index (χ3v) is 4.26. The maximum atomic E-state index is 13.7. The van der Waals surface area contributed by atoms with Crippen LogP contribution in [0, 0.1) is 5.82 Å². The number of piperazine rings is 1. The van der Waals surface area contributed by atoms with Crippen LogP contribution in [0.15, 0.2) is 24.3 Å². The maximum Gasteiger partial charge on any atom is 0.321 e. The molecule has 1 aromatic carbocycles. The molecule has 2 rings (SSSR count). The van der Waals surface area contributed by atoms with E-state index < -0.39 is 6.03 Å². The summed E-state index contributed by atoms with van der Waals surface area (Å²) in [7, 11) is 0. The summed E-state index contributed by atoms with van der Waals surface area (Å²) >= 11 is 0. The topological polar surface area (TPSA) is 64.7 Å². The van der Waals surface area contributed by atoms with E-state index in [1.807, 2.05) is 11.0 Å². The fraction of sp³-hybridized carbons (Fsp3) is 0.529. The van der Waals surface area contributed by atoms with Crippen LogP contribution in [-0.2, 0) is 11.3 Å². The Hall–Kier alpha value is -1.99. The highest BCUT2D eigenvalue weighted by molar-refractivity contribution is 5.96. The van der Waals surface area contributed by atoms with Crippen LogP contribution in [0.1, 0.15) is 19.4 Å². The van der Waals surface area contributed by atoms with Crippen molar-refractivity contribution >= 4 is 11.9 Å². The molecule has 0 radical (unpaired) electrons. The largest absolute Gasteiger partial charge is 0.338 e.